The smallest absolute Gasteiger partial charge is 0.136 e. The van der Waals surface area contributed by atoms with Crippen molar-refractivity contribution in [2.75, 3.05) is 0 Å². The quantitative estimate of drug-likeness (QED) is 0.450. The third-order valence-corrected chi connectivity index (χ3v) is 2.26. The molecule has 4 nitrogen and oxygen atoms in total. The van der Waals surface area contributed by atoms with Crippen LogP contribution in [0.5, 0.6) is 0 Å². The number of carbonyl (C=O) groups excluding carboxylic acids is 1. The lowest BCUT2D eigenvalue weighted by Crippen LogP contribution is -2.78. The van der Waals surface area contributed by atoms with E-state index in [9.17, 15) is 9.90 Å². The van der Waals surface area contributed by atoms with Crippen molar-refractivity contribution in [3.8, 4) is 0 Å². The third kappa shape index (κ3) is 7.74. The maximum atomic E-state index is 10.1. The number of rotatable bonds is 7. The molecule has 0 heterocycles. The van der Waals surface area contributed by atoms with Gasteiger partial charge in [0, 0.05) is 12.4 Å². The highest BCUT2D eigenvalue weighted by Crippen LogP contribution is 2.04. The Morgan fingerprint density at radius 2 is 1.92 bits per heavy atom. The average Bonchev–Trinajstić information content (AvgIpc) is 2.02. The molecule has 0 amide bonds. The maximum Gasteiger partial charge on any atom is 0.136 e. The highest BCUT2D eigenvalue weighted by atomic mass is 16.4. The van der Waals surface area contributed by atoms with Gasteiger partial charge in [-0.3, -0.25) is 0 Å². The third-order valence-electron chi connectivity index (χ3n) is 2.26. The summed E-state index contributed by atoms with van der Waals surface area (Å²) in [7, 11) is 0. The summed E-state index contributed by atoms with van der Waals surface area (Å²) in [5, 5.41) is 10.1. The van der Waals surface area contributed by atoms with Gasteiger partial charge < -0.3 is 21.4 Å². The summed E-state index contributed by atoms with van der Waals surface area (Å²) in [6.07, 6.45) is 3.94. The number of quaternary nitrogens is 2. The first-order valence-electron chi connectivity index (χ1n) is 4.90. The fourth-order valence-corrected chi connectivity index (χ4v) is 1.14. The van der Waals surface area contributed by atoms with Crippen LogP contribution in [-0.4, -0.2) is 18.1 Å². The molecular weight excluding hydrogens is 168 g/mol. The van der Waals surface area contributed by atoms with Crippen LogP contribution in [0, 0.1) is 0 Å². The fourth-order valence-electron chi connectivity index (χ4n) is 1.14. The highest BCUT2D eigenvalue weighted by Gasteiger charge is 2.13. The second-order valence-electron chi connectivity index (χ2n) is 3.71. The number of unbranched alkanes of at least 4 members (excludes halogenated alkanes) is 2. The lowest BCUT2D eigenvalue weighted by Gasteiger charge is -2.09. The van der Waals surface area contributed by atoms with E-state index >= 15 is 0 Å². The zero-order valence-corrected chi connectivity index (χ0v) is 8.42. The molecule has 0 aromatic heterocycles. The fraction of sp³-hybridized carbons (Fsp3) is 0.889. The zero-order chi connectivity index (χ0) is 10.3. The standard InChI is InChI=1S/C9H20N2O2/c1-7(10)8(11)5-3-2-4-6-9(12)13/h7-8H,2-6,10-11H2,1H3,(H,12,13)/p+1/t7-,8+/m0/s1. The van der Waals surface area contributed by atoms with Crippen molar-refractivity contribution >= 4 is 5.97 Å². The van der Waals surface area contributed by atoms with Gasteiger partial charge in [0.05, 0.1) is 0 Å². The van der Waals surface area contributed by atoms with Gasteiger partial charge in [0.1, 0.15) is 12.1 Å². The monoisotopic (exact) mass is 189 g/mol. The summed E-state index contributed by atoms with van der Waals surface area (Å²) in [5.74, 6) is -0.948. The number of carboxylic acid groups (broad SMARTS) is 1. The first kappa shape index (κ1) is 12.4. The normalized spacial score (nSPS) is 15.3. The number of hydrogen-bond donors (Lipinski definition) is 2. The second kappa shape index (κ2) is 6.86. The van der Waals surface area contributed by atoms with Crippen molar-refractivity contribution < 1.29 is 21.4 Å². The first-order valence-corrected chi connectivity index (χ1v) is 4.90. The van der Waals surface area contributed by atoms with Crippen LogP contribution in [-0.2, 0) is 4.79 Å². The summed E-state index contributed by atoms with van der Waals surface area (Å²) in [6, 6.07) is 0.768. The van der Waals surface area contributed by atoms with Crippen molar-refractivity contribution in [1.29, 1.82) is 0 Å². The predicted molar refractivity (Wildman–Crippen MR) is 47.1 cm³/mol. The van der Waals surface area contributed by atoms with Crippen LogP contribution >= 0.6 is 0 Å². The molecule has 0 saturated carbocycles. The Morgan fingerprint density at radius 1 is 1.31 bits per heavy atom. The van der Waals surface area contributed by atoms with Crippen molar-refractivity contribution in [3.05, 3.63) is 0 Å². The first-order chi connectivity index (χ1) is 6.04. The molecule has 0 fully saturated rings. The average molecular weight is 189 g/mol. The Kier molecular flexibility index (Phi) is 6.54. The Hall–Kier alpha value is -0.610. The topological polar surface area (TPSA) is 95.4 Å². The van der Waals surface area contributed by atoms with Gasteiger partial charge in [0.15, 0.2) is 0 Å². The maximum absolute atomic E-state index is 10.1. The molecule has 0 rings (SSSR count). The van der Waals surface area contributed by atoms with E-state index in [-0.39, 0.29) is 6.42 Å². The van der Waals surface area contributed by atoms with Crippen molar-refractivity contribution in [3.63, 3.8) is 0 Å². The summed E-state index contributed by atoms with van der Waals surface area (Å²) in [6.45, 7) is 2.05. The Bertz CT molecular complexity index is 149. The van der Waals surface area contributed by atoms with Gasteiger partial charge in [-0.05, 0) is 26.2 Å². The van der Waals surface area contributed by atoms with Crippen LogP contribution in [0.25, 0.3) is 0 Å². The minimum atomic E-state index is -0.948. The molecule has 0 aliphatic rings. The van der Waals surface area contributed by atoms with E-state index in [4.69, 9.17) is 0 Å². The summed E-state index contributed by atoms with van der Waals surface area (Å²) in [4.78, 5) is 10.1. The highest BCUT2D eigenvalue weighted by molar-refractivity contribution is 5.63. The number of hydrogen-bond acceptors (Lipinski definition) is 2. The zero-order valence-electron chi connectivity index (χ0n) is 8.42. The van der Waals surface area contributed by atoms with Gasteiger partial charge in [-0.2, -0.15) is 0 Å². The van der Waals surface area contributed by atoms with E-state index in [0.717, 1.165) is 25.7 Å². The van der Waals surface area contributed by atoms with Gasteiger partial charge in [-0.15, -0.1) is 0 Å². The lowest BCUT2D eigenvalue weighted by molar-refractivity contribution is -0.525. The SMILES string of the molecule is C[C@H]([NH3+])[C@H]([NH3+])CCCCCC(=O)[O-]. The second-order valence-corrected chi connectivity index (χ2v) is 3.71. The molecule has 0 aliphatic carbocycles. The van der Waals surface area contributed by atoms with Crippen LogP contribution in [0.2, 0.25) is 0 Å². The minimum absolute atomic E-state index is 0.182. The van der Waals surface area contributed by atoms with Crippen molar-refractivity contribution in [2.45, 2.75) is 51.1 Å². The molecular formula is C9H21N2O2+. The summed E-state index contributed by atoms with van der Waals surface area (Å²) >= 11 is 0. The molecule has 13 heavy (non-hydrogen) atoms. The number of carbonyl (C=O) groups is 1. The van der Waals surface area contributed by atoms with Crippen LogP contribution < -0.4 is 16.6 Å². The lowest BCUT2D eigenvalue weighted by atomic mass is 10.0. The molecule has 78 valence electrons. The van der Waals surface area contributed by atoms with Gasteiger partial charge in [0.25, 0.3) is 0 Å². The Morgan fingerprint density at radius 3 is 2.38 bits per heavy atom. The van der Waals surface area contributed by atoms with Crippen LogP contribution in [0.3, 0.4) is 0 Å². The molecule has 0 aromatic rings. The minimum Gasteiger partial charge on any atom is -0.550 e. The molecule has 6 N–H and O–H groups in total. The number of carboxylic acids is 1. The Balaban J connectivity index is 3.21. The van der Waals surface area contributed by atoms with E-state index in [1.807, 2.05) is 0 Å². The Labute approximate surface area is 79.3 Å². The van der Waals surface area contributed by atoms with Gasteiger partial charge in [0.2, 0.25) is 0 Å². The molecule has 0 bridgehead atoms. The van der Waals surface area contributed by atoms with Crippen molar-refractivity contribution in [1.82, 2.24) is 0 Å². The molecule has 0 aliphatic heterocycles. The largest absolute Gasteiger partial charge is 0.550 e. The molecule has 2 atom stereocenters. The van der Waals surface area contributed by atoms with Crippen LogP contribution in [0.1, 0.15) is 39.0 Å². The van der Waals surface area contributed by atoms with E-state index in [2.05, 4.69) is 18.4 Å². The van der Waals surface area contributed by atoms with Gasteiger partial charge in [-0.25, -0.2) is 0 Å². The molecule has 4 heteroatoms. The molecule has 0 spiro atoms. The molecule has 0 unspecified atom stereocenters. The van der Waals surface area contributed by atoms with Gasteiger partial charge >= 0.3 is 0 Å². The van der Waals surface area contributed by atoms with Gasteiger partial charge in [-0.1, -0.05) is 6.42 Å². The number of aliphatic carboxylic acids is 1. The summed E-state index contributed by atoms with van der Waals surface area (Å²) in [5.41, 5.74) is 7.88. The van der Waals surface area contributed by atoms with Crippen LogP contribution in [0.15, 0.2) is 0 Å². The molecule has 0 radical (unpaired) electrons. The van der Waals surface area contributed by atoms with E-state index in [1.54, 1.807) is 0 Å². The summed E-state index contributed by atoms with van der Waals surface area (Å²) < 4.78 is 0. The van der Waals surface area contributed by atoms with E-state index in [0.29, 0.717) is 12.1 Å². The molecule has 0 saturated heterocycles. The van der Waals surface area contributed by atoms with Crippen LogP contribution in [0.4, 0.5) is 0 Å². The van der Waals surface area contributed by atoms with Crippen molar-refractivity contribution in [2.24, 2.45) is 0 Å². The molecule has 0 aromatic carbocycles. The predicted octanol–water partition coefficient (Wildman–Crippen LogP) is -2.07. The van der Waals surface area contributed by atoms with E-state index in [1.165, 1.54) is 0 Å². The van der Waals surface area contributed by atoms with E-state index < -0.39 is 5.97 Å².